The maximum absolute atomic E-state index is 15.1. The van der Waals surface area contributed by atoms with Crippen molar-refractivity contribution in [2.45, 2.75) is 0 Å². The first-order chi connectivity index (χ1) is 15.1. The summed E-state index contributed by atoms with van der Waals surface area (Å²) < 4.78 is 58.4. The number of nitrogens with zero attached hydrogens (tertiary/aromatic N) is 3. The van der Waals surface area contributed by atoms with Crippen molar-refractivity contribution in [3.8, 4) is 11.1 Å². The van der Waals surface area contributed by atoms with Crippen molar-refractivity contribution >= 4 is 32.7 Å². The molecule has 0 atom stereocenters. The van der Waals surface area contributed by atoms with Gasteiger partial charge in [0, 0.05) is 68.0 Å². The fraction of sp³-hybridized carbons (Fsp3) is 0.143. The van der Waals surface area contributed by atoms with E-state index in [1.165, 1.54) is 20.3 Å². The van der Waals surface area contributed by atoms with E-state index in [0.29, 0.717) is 11.0 Å². The third-order valence-electron chi connectivity index (χ3n) is 4.98. The molecule has 4 rings (SSSR count). The molecule has 0 unspecified atom stereocenters. The standard InChI is InChI=1S/C21H19F2N5O3S/c1-27(2)32(30,31)26-17-5-4-16(22)18(19(17)23)20(29)15-10-25-21-14(15)8-13(9-24-21)12-6-7-28(3)11-12/h4-11,26H,1-3H3,(H,24,25). The number of aryl methyl sites for hydroxylation is 1. The second-order valence-corrected chi connectivity index (χ2v) is 9.28. The number of anilines is 1. The van der Waals surface area contributed by atoms with Crippen molar-refractivity contribution in [2.75, 3.05) is 18.8 Å². The molecule has 1 aromatic carbocycles. The number of halogens is 2. The lowest BCUT2D eigenvalue weighted by atomic mass is 10.0. The number of rotatable bonds is 6. The number of pyridine rings is 1. The highest BCUT2D eigenvalue weighted by atomic mass is 32.2. The predicted octanol–water partition coefficient (Wildman–Crippen LogP) is 3.30. The molecule has 8 nitrogen and oxygen atoms in total. The third kappa shape index (κ3) is 3.76. The summed E-state index contributed by atoms with van der Waals surface area (Å²) >= 11 is 0. The van der Waals surface area contributed by atoms with E-state index in [-0.39, 0.29) is 5.56 Å². The molecule has 0 amide bonds. The molecular weight excluding hydrogens is 440 g/mol. The maximum Gasteiger partial charge on any atom is 0.301 e. The molecule has 0 fully saturated rings. The molecule has 11 heteroatoms. The summed E-state index contributed by atoms with van der Waals surface area (Å²) in [6, 6.07) is 5.34. The molecular formula is C21H19F2N5O3S. The number of aromatic amines is 1. The number of ketones is 1. The average Bonchev–Trinajstić information content (AvgIpc) is 3.35. The van der Waals surface area contributed by atoms with Crippen molar-refractivity contribution in [2.24, 2.45) is 7.05 Å². The van der Waals surface area contributed by atoms with Gasteiger partial charge in [0.15, 0.2) is 5.82 Å². The van der Waals surface area contributed by atoms with Gasteiger partial charge in [-0.3, -0.25) is 9.52 Å². The number of H-pyrrole nitrogens is 1. The Bertz CT molecular complexity index is 1460. The molecule has 3 heterocycles. The Morgan fingerprint density at radius 3 is 2.59 bits per heavy atom. The fourth-order valence-electron chi connectivity index (χ4n) is 3.23. The highest BCUT2D eigenvalue weighted by molar-refractivity contribution is 7.90. The van der Waals surface area contributed by atoms with Gasteiger partial charge in [-0.25, -0.2) is 13.8 Å². The Hall–Kier alpha value is -3.57. The van der Waals surface area contributed by atoms with E-state index in [0.717, 1.165) is 27.6 Å². The minimum absolute atomic E-state index is 0.00991. The predicted molar refractivity (Wildman–Crippen MR) is 117 cm³/mol. The van der Waals surface area contributed by atoms with E-state index in [2.05, 4.69) is 9.97 Å². The Labute approximate surface area is 182 Å². The number of hydrogen-bond donors (Lipinski definition) is 2. The normalized spacial score (nSPS) is 11.9. The molecule has 0 spiro atoms. The Morgan fingerprint density at radius 1 is 1.19 bits per heavy atom. The van der Waals surface area contributed by atoms with E-state index in [1.807, 2.05) is 34.8 Å². The highest BCUT2D eigenvalue weighted by Gasteiger charge is 2.26. The number of carbonyl (C=O) groups is 1. The molecule has 0 aliphatic carbocycles. The monoisotopic (exact) mass is 459 g/mol. The van der Waals surface area contributed by atoms with Crippen LogP contribution in [-0.2, 0) is 17.3 Å². The second-order valence-electron chi connectivity index (χ2n) is 7.39. The molecule has 0 aliphatic rings. The van der Waals surface area contributed by atoms with E-state index >= 15 is 4.39 Å². The zero-order valence-corrected chi connectivity index (χ0v) is 18.2. The molecule has 0 saturated carbocycles. The molecule has 0 bridgehead atoms. The van der Waals surface area contributed by atoms with Crippen LogP contribution in [0.1, 0.15) is 15.9 Å². The van der Waals surface area contributed by atoms with Gasteiger partial charge in [0.1, 0.15) is 11.5 Å². The summed E-state index contributed by atoms with van der Waals surface area (Å²) in [4.78, 5) is 20.3. The van der Waals surface area contributed by atoms with Gasteiger partial charge in [-0.1, -0.05) is 0 Å². The molecule has 32 heavy (non-hydrogen) atoms. The van der Waals surface area contributed by atoms with Crippen molar-refractivity contribution in [1.29, 1.82) is 0 Å². The van der Waals surface area contributed by atoms with Crippen molar-refractivity contribution in [3.05, 3.63) is 71.8 Å². The zero-order chi connectivity index (χ0) is 23.2. The summed E-state index contributed by atoms with van der Waals surface area (Å²) in [6.07, 6.45) is 6.68. The number of benzene rings is 1. The lowest BCUT2D eigenvalue weighted by molar-refractivity contribution is 0.103. The van der Waals surface area contributed by atoms with Crippen molar-refractivity contribution in [3.63, 3.8) is 0 Å². The van der Waals surface area contributed by atoms with Gasteiger partial charge in [-0.05, 0) is 24.3 Å². The van der Waals surface area contributed by atoms with Crippen molar-refractivity contribution < 1.29 is 22.0 Å². The van der Waals surface area contributed by atoms with E-state index in [4.69, 9.17) is 0 Å². The molecule has 4 aromatic rings. The van der Waals surface area contributed by atoms with Gasteiger partial charge in [0.25, 0.3) is 0 Å². The van der Waals surface area contributed by atoms with Gasteiger partial charge < -0.3 is 9.55 Å². The zero-order valence-electron chi connectivity index (χ0n) is 17.3. The summed E-state index contributed by atoms with van der Waals surface area (Å²) in [6.45, 7) is 0. The van der Waals surface area contributed by atoms with E-state index < -0.39 is 38.9 Å². The molecule has 0 radical (unpaired) electrons. The minimum atomic E-state index is -4.06. The van der Waals surface area contributed by atoms with Crippen LogP contribution in [0.25, 0.3) is 22.2 Å². The Morgan fingerprint density at radius 2 is 1.94 bits per heavy atom. The maximum atomic E-state index is 15.1. The van der Waals surface area contributed by atoms with E-state index in [9.17, 15) is 17.6 Å². The highest BCUT2D eigenvalue weighted by Crippen LogP contribution is 2.29. The van der Waals surface area contributed by atoms with Crippen LogP contribution in [0.5, 0.6) is 0 Å². The summed E-state index contributed by atoms with van der Waals surface area (Å²) in [5.41, 5.74) is 0.564. The van der Waals surface area contributed by atoms with Crippen LogP contribution in [0.3, 0.4) is 0 Å². The van der Waals surface area contributed by atoms with Crippen LogP contribution in [0.2, 0.25) is 0 Å². The molecule has 3 aromatic heterocycles. The average molecular weight is 459 g/mol. The quantitative estimate of drug-likeness (QED) is 0.432. The smallest absolute Gasteiger partial charge is 0.301 e. The Balaban J connectivity index is 1.80. The number of aromatic nitrogens is 3. The first-order valence-corrected chi connectivity index (χ1v) is 10.8. The second kappa shape index (κ2) is 7.84. The fourth-order valence-corrected chi connectivity index (χ4v) is 3.85. The number of nitrogens with one attached hydrogen (secondary N) is 2. The summed E-state index contributed by atoms with van der Waals surface area (Å²) in [7, 11) is 0.303. The van der Waals surface area contributed by atoms with Gasteiger partial charge >= 0.3 is 10.2 Å². The van der Waals surface area contributed by atoms with Gasteiger partial charge in [-0.2, -0.15) is 12.7 Å². The largest absolute Gasteiger partial charge is 0.357 e. The SMILES string of the molecule is CN(C)S(=O)(=O)Nc1ccc(F)c(C(=O)c2c[nH]c3ncc(-c4ccn(C)c4)cc23)c1F. The summed E-state index contributed by atoms with van der Waals surface area (Å²) in [5.74, 6) is -3.35. The van der Waals surface area contributed by atoms with Crippen molar-refractivity contribution in [1.82, 2.24) is 18.8 Å². The van der Waals surface area contributed by atoms with Gasteiger partial charge in [0.05, 0.1) is 11.3 Å². The van der Waals surface area contributed by atoms with Crippen LogP contribution < -0.4 is 4.72 Å². The number of hydrogen-bond acceptors (Lipinski definition) is 4. The van der Waals surface area contributed by atoms with Crippen LogP contribution in [0.4, 0.5) is 14.5 Å². The minimum Gasteiger partial charge on any atom is -0.357 e. The first-order valence-electron chi connectivity index (χ1n) is 9.41. The first kappa shape index (κ1) is 21.7. The van der Waals surface area contributed by atoms with Crippen LogP contribution in [0, 0.1) is 11.6 Å². The lowest BCUT2D eigenvalue weighted by Crippen LogP contribution is -2.29. The van der Waals surface area contributed by atoms with Crippen LogP contribution >= 0.6 is 0 Å². The topological polar surface area (TPSA) is 100 Å². The molecule has 0 saturated heterocycles. The summed E-state index contributed by atoms with van der Waals surface area (Å²) in [5, 5.41) is 0.384. The van der Waals surface area contributed by atoms with Crippen LogP contribution in [-0.4, -0.2) is 47.1 Å². The molecule has 0 aliphatic heterocycles. The number of fused-ring (bicyclic) bond motifs is 1. The van der Waals surface area contributed by atoms with Gasteiger partial charge in [0.2, 0.25) is 5.78 Å². The van der Waals surface area contributed by atoms with Gasteiger partial charge in [-0.15, -0.1) is 0 Å². The third-order valence-corrected chi connectivity index (χ3v) is 6.42. The molecule has 2 N–H and O–H groups in total. The molecule has 166 valence electrons. The number of carbonyl (C=O) groups excluding carboxylic acids is 1. The lowest BCUT2D eigenvalue weighted by Gasteiger charge is -2.15. The van der Waals surface area contributed by atoms with E-state index in [1.54, 1.807) is 12.3 Å². The van der Waals surface area contributed by atoms with Crippen LogP contribution in [0.15, 0.2) is 49.1 Å². The Kier molecular flexibility index (Phi) is 5.31.